The first-order valence-corrected chi connectivity index (χ1v) is 14.4. The van der Waals surface area contributed by atoms with E-state index in [9.17, 15) is 9.59 Å². The molecular weight excluding hydrogens is 412 g/mol. The summed E-state index contributed by atoms with van der Waals surface area (Å²) in [4.78, 5) is 23.6. The van der Waals surface area contributed by atoms with E-state index in [2.05, 4.69) is 13.8 Å². The first kappa shape index (κ1) is 31.9. The minimum absolute atomic E-state index is 0.00248. The summed E-state index contributed by atoms with van der Waals surface area (Å²) in [5, 5.41) is 0. The van der Waals surface area contributed by atoms with E-state index in [-0.39, 0.29) is 18.0 Å². The Balaban J connectivity index is 3.29. The Morgan fingerprint density at radius 1 is 0.545 bits per heavy atom. The summed E-state index contributed by atoms with van der Waals surface area (Å²) >= 11 is 0. The molecule has 1 atom stereocenters. The van der Waals surface area contributed by atoms with Crippen LogP contribution in [0.25, 0.3) is 0 Å². The summed E-state index contributed by atoms with van der Waals surface area (Å²) < 4.78 is 10.7. The molecule has 0 saturated carbocycles. The van der Waals surface area contributed by atoms with Gasteiger partial charge >= 0.3 is 11.9 Å². The second-order valence-electron chi connectivity index (χ2n) is 9.82. The Bertz CT molecular complexity index is 435. The SMILES string of the molecule is CCCCCCCCCCCCCCCCCOC(=O)CCCCC(=O)OC(C)CCCC. The van der Waals surface area contributed by atoms with Crippen LogP contribution < -0.4 is 0 Å². The van der Waals surface area contributed by atoms with Crippen molar-refractivity contribution in [1.29, 1.82) is 0 Å². The summed E-state index contributed by atoms with van der Waals surface area (Å²) in [5.41, 5.74) is 0. The fourth-order valence-corrected chi connectivity index (χ4v) is 4.10. The molecule has 0 saturated heterocycles. The fraction of sp³-hybridized carbons (Fsp3) is 0.931. The van der Waals surface area contributed by atoms with Gasteiger partial charge in [-0.3, -0.25) is 9.59 Å². The lowest BCUT2D eigenvalue weighted by molar-refractivity contribution is -0.149. The maximum atomic E-state index is 11.8. The number of carbonyl (C=O) groups excluding carboxylic acids is 2. The molecule has 0 spiro atoms. The van der Waals surface area contributed by atoms with Crippen LogP contribution >= 0.6 is 0 Å². The lowest BCUT2D eigenvalue weighted by atomic mass is 10.0. The number of unbranched alkanes of at least 4 members (excludes halogenated alkanes) is 16. The molecular formula is C29H56O4. The second-order valence-corrected chi connectivity index (χ2v) is 9.82. The third-order valence-corrected chi connectivity index (χ3v) is 6.32. The number of esters is 2. The lowest BCUT2D eigenvalue weighted by Gasteiger charge is -2.12. The van der Waals surface area contributed by atoms with Gasteiger partial charge < -0.3 is 9.47 Å². The Hall–Kier alpha value is -1.06. The van der Waals surface area contributed by atoms with Gasteiger partial charge in [0.1, 0.15) is 0 Å². The minimum Gasteiger partial charge on any atom is -0.466 e. The van der Waals surface area contributed by atoms with Gasteiger partial charge in [0.15, 0.2) is 0 Å². The van der Waals surface area contributed by atoms with Crippen molar-refractivity contribution in [2.45, 2.75) is 168 Å². The van der Waals surface area contributed by atoms with Crippen molar-refractivity contribution in [3.8, 4) is 0 Å². The molecule has 0 aromatic heterocycles. The maximum Gasteiger partial charge on any atom is 0.306 e. The number of carbonyl (C=O) groups is 2. The van der Waals surface area contributed by atoms with Crippen molar-refractivity contribution in [2.75, 3.05) is 6.61 Å². The Morgan fingerprint density at radius 3 is 1.45 bits per heavy atom. The minimum atomic E-state index is -0.148. The predicted molar refractivity (Wildman–Crippen MR) is 139 cm³/mol. The molecule has 0 heterocycles. The summed E-state index contributed by atoms with van der Waals surface area (Å²) in [7, 11) is 0. The van der Waals surface area contributed by atoms with Gasteiger partial charge in [0.05, 0.1) is 12.7 Å². The summed E-state index contributed by atoms with van der Waals surface area (Å²) in [6.45, 7) is 6.89. The lowest BCUT2D eigenvalue weighted by Crippen LogP contribution is -2.14. The molecule has 0 aliphatic heterocycles. The van der Waals surface area contributed by atoms with E-state index in [4.69, 9.17) is 9.47 Å². The van der Waals surface area contributed by atoms with Crippen molar-refractivity contribution in [3.05, 3.63) is 0 Å². The van der Waals surface area contributed by atoms with Gasteiger partial charge in [-0.25, -0.2) is 0 Å². The van der Waals surface area contributed by atoms with E-state index in [1.54, 1.807) is 0 Å². The molecule has 4 heteroatoms. The average molecular weight is 469 g/mol. The van der Waals surface area contributed by atoms with Crippen LogP contribution in [0.4, 0.5) is 0 Å². The van der Waals surface area contributed by atoms with Gasteiger partial charge in [-0.1, -0.05) is 117 Å². The van der Waals surface area contributed by atoms with E-state index < -0.39 is 0 Å². The van der Waals surface area contributed by atoms with Gasteiger partial charge in [0.2, 0.25) is 0 Å². The highest BCUT2D eigenvalue weighted by molar-refractivity contribution is 5.70. The summed E-state index contributed by atoms with van der Waals surface area (Å²) in [6, 6.07) is 0. The largest absolute Gasteiger partial charge is 0.466 e. The molecule has 0 rings (SSSR count). The summed E-state index contributed by atoms with van der Waals surface area (Å²) in [6.07, 6.45) is 25.3. The molecule has 0 radical (unpaired) electrons. The van der Waals surface area contributed by atoms with E-state index in [1.165, 1.54) is 83.5 Å². The zero-order valence-electron chi connectivity index (χ0n) is 22.5. The van der Waals surface area contributed by atoms with E-state index >= 15 is 0 Å². The van der Waals surface area contributed by atoms with E-state index in [0.717, 1.165) is 32.1 Å². The van der Waals surface area contributed by atoms with Crippen molar-refractivity contribution in [3.63, 3.8) is 0 Å². The Morgan fingerprint density at radius 2 is 0.970 bits per heavy atom. The normalized spacial score (nSPS) is 12.0. The quantitative estimate of drug-likeness (QED) is 0.0990. The van der Waals surface area contributed by atoms with Crippen LogP contribution in [0.5, 0.6) is 0 Å². The van der Waals surface area contributed by atoms with Crippen LogP contribution in [0, 0.1) is 0 Å². The van der Waals surface area contributed by atoms with Gasteiger partial charge in [0, 0.05) is 12.8 Å². The van der Waals surface area contributed by atoms with Gasteiger partial charge in [-0.15, -0.1) is 0 Å². The average Bonchev–Trinajstić information content (AvgIpc) is 2.80. The van der Waals surface area contributed by atoms with E-state index in [1.807, 2.05) is 6.92 Å². The smallest absolute Gasteiger partial charge is 0.306 e. The highest BCUT2D eigenvalue weighted by atomic mass is 16.5. The van der Waals surface area contributed by atoms with Crippen LogP contribution in [0.1, 0.15) is 162 Å². The van der Waals surface area contributed by atoms with Crippen LogP contribution in [-0.2, 0) is 19.1 Å². The zero-order chi connectivity index (χ0) is 24.4. The van der Waals surface area contributed by atoms with Crippen LogP contribution in [0.2, 0.25) is 0 Å². The van der Waals surface area contributed by atoms with Crippen molar-refractivity contribution in [1.82, 2.24) is 0 Å². The molecule has 0 fully saturated rings. The van der Waals surface area contributed by atoms with Crippen LogP contribution in [0.15, 0.2) is 0 Å². The molecule has 0 N–H and O–H groups in total. The number of ether oxygens (including phenoxy) is 2. The Kier molecular flexibility index (Phi) is 24.7. The number of hydrogen-bond acceptors (Lipinski definition) is 4. The van der Waals surface area contributed by atoms with Gasteiger partial charge in [-0.2, -0.15) is 0 Å². The molecule has 4 nitrogen and oxygen atoms in total. The standard InChI is InChI=1S/C29H56O4/c1-4-6-8-9-10-11-12-13-14-15-16-17-18-19-22-26-32-28(30)24-20-21-25-29(31)33-27(3)23-7-5-2/h27H,4-26H2,1-3H3. The summed E-state index contributed by atoms with van der Waals surface area (Å²) in [5.74, 6) is -0.283. The molecule has 33 heavy (non-hydrogen) atoms. The Labute approximate surface area is 206 Å². The third kappa shape index (κ3) is 25.4. The molecule has 0 amide bonds. The molecule has 0 aliphatic carbocycles. The van der Waals surface area contributed by atoms with Gasteiger partial charge in [-0.05, 0) is 32.6 Å². The first-order chi connectivity index (χ1) is 16.1. The molecule has 0 aromatic rings. The first-order valence-electron chi connectivity index (χ1n) is 14.4. The fourth-order valence-electron chi connectivity index (χ4n) is 4.10. The van der Waals surface area contributed by atoms with Crippen LogP contribution in [0.3, 0.4) is 0 Å². The topological polar surface area (TPSA) is 52.6 Å². The van der Waals surface area contributed by atoms with Crippen molar-refractivity contribution < 1.29 is 19.1 Å². The zero-order valence-corrected chi connectivity index (χ0v) is 22.5. The maximum absolute atomic E-state index is 11.8. The predicted octanol–water partition coefficient (Wildman–Crippen LogP) is 9.08. The molecule has 0 bridgehead atoms. The highest BCUT2D eigenvalue weighted by Gasteiger charge is 2.10. The monoisotopic (exact) mass is 468 g/mol. The van der Waals surface area contributed by atoms with Gasteiger partial charge in [0.25, 0.3) is 0 Å². The van der Waals surface area contributed by atoms with E-state index in [0.29, 0.717) is 32.3 Å². The molecule has 196 valence electrons. The molecule has 0 aliphatic rings. The van der Waals surface area contributed by atoms with Crippen molar-refractivity contribution >= 4 is 11.9 Å². The number of rotatable bonds is 25. The van der Waals surface area contributed by atoms with Crippen LogP contribution in [-0.4, -0.2) is 24.6 Å². The highest BCUT2D eigenvalue weighted by Crippen LogP contribution is 2.13. The third-order valence-electron chi connectivity index (χ3n) is 6.32. The second kappa shape index (κ2) is 25.6. The van der Waals surface area contributed by atoms with Crippen molar-refractivity contribution in [2.24, 2.45) is 0 Å². The number of hydrogen-bond donors (Lipinski definition) is 0. The molecule has 0 aromatic carbocycles. The molecule has 1 unspecified atom stereocenters.